The molecule has 0 fully saturated rings. The lowest BCUT2D eigenvalue weighted by Gasteiger charge is -1.95. The molecule has 78 valence electrons. The fourth-order valence-corrected chi connectivity index (χ4v) is 0.925. The Hall–Kier alpha value is -2.01. The normalized spacial score (nSPS) is 7.93. The second-order valence-corrected chi connectivity index (χ2v) is 2.74. The Morgan fingerprint density at radius 3 is 2.20 bits per heavy atom. The summed E-state index contributed by atoms with van der Waals surface area (Å²) in [5, 5.41) is 14.5. The van der Waals surface area contributed by atoms with Crippen LogP contribution in [0, 0.1) is 22.7 Å². The number of aryl methyl sites for hydroxylation is 1. The lowest BCUT2D eigenvalue weighted by molar-refractivity contribution is 0.689. The first kappa shape index (κ1) is 13.0. The first-order valence-corrected chi connectivity index (χ1v) is 4.74. The molecule has 0 aliphatic carbocycles. The van der Waals surface area contributed by atoms with Crippen LogP contribution in [0.3, 0.4) is 0 Å². The Kier molecular flexibility index (Phi) is 8.72. The van der Waals surface area contributed by atoms with Crippen molar-refractivity contribution < 1.29 is 0 Å². The van der Waals surface area contributed by atoms with Crippen molar-refractivity contribution in [2.45, 2.75) is 32.6 Å². The van der Waals surface area contributed by atoms with Crippen molar-refractivity contribution in [1.29, 1.82) is 10.5 Å². The molecule has 5 nitrogen and oxygen atoms in total. The summed E-state index contributed by atoms with van der Waals surface area (Å²) in [7, 11) is 0. The van der Waals surface area contributed by atoms with E-state index in [9.17, 15) is 0 Å². The van der Waals surface area contributed by atoms with Crippen LogP contribution < -0.4 is 0 Å². The SMILES string of the molecule is CCCCCc1ncncn1.N#CC#N. The summed E-state index contributed by atoms with van der Waals surface area (Å²) in [6.07, 6.45) is 7.76. The van der Waals surface area contributed by atoms with Crippen molar-refractivity contribution in [2.75, 3.05) is 0 Å². The summed E-state index contributed by atoms with van der Waals surface area (Å²) in [6.45, 7) is 2.19. The van der Waals surface area contributed by atoms with E-state index >= 15 is 0 Å². The largest absolute Gasteiger partial charge is 0.225 e. The van der Waals surface area contributed by atoms with Crippen LogP contribution in [0.25, 0.3) is 0 Å². The van der Waals surface area contributed by atoms with Crippen LogP contribution in [0.2, 0.25) is 0 Å². The van der Waals surface area contributed by atoms with E-state index in [1.807, 2.05) is 0 Å². The molecule has 0 atom stereocenters. The smallest absolute Gasteiger partial charge is 0.181 e. The van der Waals surface area contributed by atoms with Crippen LogP contribution >= 0.6 is 0 Å². The Bertz CT molecular complexity index is 310. The Balaban J connectivity index is 0.000000423. The molecule has 0 aliphatic rings. The van der Waals surface area contributed by atoms with Gasteiger partial charge in [-0.1, -0.05) is 19.8 Å². The fraction of sp³-hybridized carbons (Fsp3) is 0.500. The second kappa shape index (κ2) is 10.1. The molecule has 0 amide bonds. The lowest BCUT2D eigenvalue weighted by atomic mass is 10.2. The zero-order valence-electron chi connectivity index (χ0n) is 8.72. The summed E-state index contributed by atoms with van der Waals surface area (Å²) < 4.78 is 0. The molecule has 0 radical (unpaired) electrons. The molecule has 15 heavy (non-hydrogen) atoms. The van der Waals surface area contributed by atoms with Gasteiger partial charge in [-0.25, -0.2) is 15.0 Å². The van der Waals surface area contributed by atoms with E-state index in [1.54, 1.807) is 12.7 Å². The third-order valence-corrected chi connectivity index (χ3v) is 1.60. The van der Waals surface area contributed by atoms with E-state index in [4.69, 9.17) is 10.5 Å². The second-order valence-electron chi connectivity index (χ2n) is 2.74. The zero-order chi connectivity index (χ0) is 11.4. The van der Waals surface area contributed by atoms with Gasteiger partial charge in [0.1, 0.15) is 18.5 Å². The fourth-order valence-electron chi connectivity index (χ4n) is 0.925. The third kappa shape index (κ3) is 8.32. The van der Waals surface area contributed by atoms with Gasteiger partial charge in [0.15, 0.2) is 12.1 Å². The monoisotopic (exact) mass is 203 g/mol. The van der Waals surface area contributed by atoms with Gasteiger partial charge in [-0.3, -0.25) is 0 Å². The minimum Gasteiger partial charge on any atom is -0.225 e. The Labute approximate surface area is 89.4 Å². The van der Waals surface area contributed by atoms with E-state index in [0.29, 0.717) is 0 Å². The summed E-state index contributed by atoms with van der Waals surface area (Å²) in [5.41, 5.74) is 0. The topological polar surface area (TPSA) is 86.2 Å². The first-order valence-electron chi connectivity index (χ1n) is 4.74. The number of rotatable bonds is 4. The number of hydrogen-bond donors (Lipinski definition) is 0. The maximum absolute atomic E-state index is 7.26. The molecule has 0 spiro atoms. The van der Waals surface area contributed by atoms with Gasteiger partial charge in [0.25, 0.3) is 0 Å². The van der Waals surface area contributed by atoms with E-state index in [0.717, 1.165) is 12.2 Å². The molecule has 0 aromatic carbocycles. The number of nitriles is 2. The summed E-state index contributed by atoms with van der Waals surface area (Å²) in [6, 6.07) is 2.47. The van der Waals surface area contributed by atoms with Crippen LogP contribution in [0.5, 0.6) is 0 Å². The highest BCUT2D eigenvalue weighted by atomic mass is 15.0. The molecule has 0 saturated carbocycles. The van der Waals surface area contributed by atoms with Crippen molar-refractivity contribution in [1.82, 2.24) is 15.0 Å². The van der Waals surface area contributed by atoms with Crippen LogP contribution in [-0.2, 0) is 6.42 Å². The summed E-state index contributed by atoms with van der Waals surface area (Å²) in [4.78, 5) is 11.8. The van der Waals surface area contributed by atoms with E-state index in [-0.39, 0.29) is 0 Å². The van der Waals surface area contributed by atoms with E-state index < -0.39 is 0 Å². The Morgan fingerprint density at radius 1 is 1.13 bits per heavy atom. The maximum Gasteiger partial charge on any atom is 0.181 e. The van der Waals surface area contributed by atoms with E-state index in [2.05, 4.69) is 21.9 Å². The highest BCUT2D eigenvalue weighted by Crippen LogP contribution is 1.99. The van der Waals surface area contributed by atoms with Crippen molar-refractivity contribution in [3.8, 4) is 12.1 Å². The van der Waals surface area contributed by atoms with Crippen molar-refractivity contribution >= 4 is 0 Å². The molecule has 0 N–H and O–H groups in total. The van der Waals surface area contributed by atoms with E-state index in [1.165, 1.54) is 31.4 Å². The average molecular weight is 203 g/mol. The Morgan fingerprint density at radius 2 is 1.73 bits per heavy atom. The van der Waals surface area contributed by atoms with Crippen molar-refractivity contribution in [3.63, 3.8) is 0 Å². The highest BCUT2D eigenvalue weighted by Gasteiger charge is 1.92. The van der Waals surface area contributed by atoms with Crippen LogP contribution in [-0.4, -0.2) is 15.0 Å². The maximum atomic E-state index is 7.26. The van der Waals surface area contributed by atoms with Gasteiger partial charge >= 0.3 is 0 Å². The predicted molar refractivity (Wildman–Crippen MR) is 54.3 cm³/mol. The molecule has 0 aliphatic heterocycles. The first-order chi connectivity index (χ1) is 7.35. The molecule has 5 heteroatoms. The number of unbranched alkanes of at least 4 members (excludes halogenated alkanes) is 2. The predicted octanol–water partition coefficient (Wildman–Crippen LogP) is 1.64. The van der Waals surface area contributed by atoms with Gasteiger partial charge in [0.2, 0.25) is 0 Å². The van der Waals surface area contributed by atoms with Crippen LogP contribution in [0.1, 0.15) is 32.0 Å². The molecule has 1 aromatic heterocycles. The molecule has 0 unspecified atom stereocenters. The van der Waals surface area contributed by atoms with Gasteiger partial charge in [-0.2, -0.15) is 10.5 Å². The molecule has 1 aromatic rings. The molecular weight excluding hydrogens is 190 g/mol. The zero-order valence-corrected chi connectivity index (χ0v) is 8.72. The van der Waals surface area contributed by atoms with Crippen molar-refractivity contribution in [3.05, 3.63) is 18.5 Å². The van der Waals surface area contributed by atoms with Crippen LogP contribution in [0.15, 0.2) is 12.7 Å². The average Bonchev–Trinajstić information content (AvgIpc) is 2.31. The molecule has 0 bridgehead atoms. The minimum absolute atomic E-state index is 0.911. The van der Waals surface area contributed by atoms with Crippen LogP contribution in [0.4, 0.5) is 0 Å². The standard InChI is InChI=1S/C8H13N3.C2N2/c1-2-3-4-5-8-10-6-9-7-11-8;3-1-2-4/h6-7H,2-5H2,1H3;. The number of aromatic nitrogens is 3. The molecule has 1 heterocycles. The highest BCUT2D eigenvalue weighted by molar-refractivity contribution is 4.99. The number of nitrogens with zero attached hydrogens (tertiary/aromatic N) is 5. The lowest BCUT2D eigenvalue weighted by Crippen LogP contribution is -1.94. The molecule has 0 saturated heterocycles. The quantitative estimate of drug-likeness (QED) is 0.694. The minimum atomic E-state index is 0.911. The summed E-state index contributed by atoms with van der Waals surface area (Å²) in [5.74, 6) is 0.911. The van der Waals surface area contributed by atoms with Gasteiger partial charge in [-0.15, -0.1) is 0 Å². The van der Waals surface area contributed by atoms with Gasteiger partial charge in [0, 0.05) is 6.42 Å². The van der Waals surface area contributed by atoms with Gasteiger partial charge in [0.05, 0.1) is 0 Å². The number of hydrogen-bond acceptors (Lipinski definition) is 5. The summed E-state index contributed by atoms with van der Waals surface area (Å²) >= 11 is 0. The molecular formula is C10H13N5. The van der Waals surface area contributed by atoms with Gasteiger partial charge in [-0.05, 0) is 6.42 Å². The van der Waals surface area contributed by atoms with Gasteiger partial charge < -0.3 is 0 Å². The van der Waals surface area contributed by atoms with Crippen molar-refractivity contribution in [2.24, 2.45) is 0 Å². The molecule has 1 rings (SSSR count). The third-order valence-electron chi connectivity index (χ3n) is 1.60.